The van der Waals surface area contributed by atoms with Crippen molar-refractivity contribution < 1.29 is 14.3 Å². The number of unbranched alkanes of at least 4 members (excludes halogenated alkanes) is 1. The van der Waals surface area contributed by atoms with E-state index in [9.17, 15) is 4.79 Å². The molecule has 1 atom stereocenters. The van der Waals surface area contributed by atoms with E-state index in [2.05, 4.69) is 19.2 Å². The summed E-state index contributed by atoms with van der Waals surface area (Å²) in [6.45, 7) is 6.71. The summed E-state index contributed by atoms with van der Waals surface area (Å²) >= 11 is 0. The zero-order valence-corrected chi connectivity index (χ0v) is 15.7. The van der Waals surface area contributed by atoms with Crippen molar-refractivity contribution in [2.45, 2.75) is 52.1 Å². The fourth-order valence-electron chi connectivity index (χ4n) is 2.80. The molecule has 25 heavy (non-hydrogen) atoms. The highest BCUT2D eigenvalue weighted by Gasteiger charge is 2.32. The average molecular weight is 343 g/mol. The van der Waals surface area contributed by atoms with E-state index in [1.807, 2.05) is 43.3 Å². The first-order valence-electron chi connectivity index (χ1n) is 9.07. The molecule has 0 aromatic heterocycles. The fraction of sp³-hybridized carbons (Fsp3) is 0.476. The van der Waals surface area contributed by atoms with Gasteiger partial charge in [0.05, 0.1) is 6.61 Å². The van der Waals surface area contributed by atoms with Crippen LogP contribution in [0.4, 0.5) is 5.69 Å². The van der Waals surface area contributed by atoms with E-state index in [1.54, 1.807) is 7.11 Å². The molecule has 0 unspecified atom stereocenters. The average Bonchev–Trinajstić information content (AvgIpc) is 2.65. The Morgan fingerprint density at radius 1 is 1.08 bits per heavy atom. The molecular formula is C21H29NO3. The SMILES string of the molecule is CCCC[C@@](C)(OC)C(=O)Nc1ccc(OCCC)c2ccccc12. The number of hydrogen-bond donors (Lipinski definition) is 1. The maximum absolute atomic E-state index is 12.8. The minimum atomic E-state index is -0.825. The quantitative estimate of drug-likeness (QED) is 0.684. The predicted molar refractivity (Wildman–Crippen MR) is 103 cm³/mol. The molecule has 0 bridgehead atoms. The van der Waals surface area contributed by atoms with Crippen LogP contribution in [-0.4, -0.2) is 25.2 Å². The number of amides is 1. The van der Waals surface area contributed by atoms with Gasteiger partial charge in [0.15, 0.2) is 0 Å². The van der Waals surface area contributed by atoms with Crippen LogP contribution in [0, 0.1) is 0 Å². The molecule has 0 aliphatic heterocycles. The Morgan fingerprint density at radius 3 is 2.44 bits per heavy atom. The molecule has 4 nitrogen and oxygen atoms in total. The number of anilines is 1. The lowest BCUT2D eigenvalue weighted by Gasteiger charge is -2.27. The largest absolute Gasteiger partial charge is 0.493 e. The first-order chi connectivity index (χ1) is 12.1. The molecule has 0 spiro atoms. The van der Waals surface area contributed by atoms with Crippen molar-refractivity contribution in [2.24, 2.45) is 0 Å². The summed E-state index contributed by atoms with van der Waals surface area (Å²) in [7, 11) is 1.59. The van der Waals surface area contributed by atoms with Gasteiger partial charge in [-0.25, -0.2) is 0 Å². The Hall–Kier alpha value is -2.07. The van der Waals surface area contributed by atoms with Crippen LogP contribution in [-0.2, 0) is 9.53 Å². The van der Waals surface area contributed by atoms with Gasteiger partial charge in [-0.15, -0.1) is 0 Å². The highest BCUT2D eigenvalue weighted by molar-refractivity contribution is 6.06. The monoisotopic (exact) mass is 343 g/mol. The summed E-state index contributed by atoms with van der Waals surface area (Å²) in [6.07, 6.45) is 3.62. The molecular weight excluding hydrogens is 314 g/mol. The first-order valence-corrected chi connectivity index (χ1v) is 9.07. The molecule has 4 heteroatoms. The van der Waals surface area contributed by atoms with Crippen LogP contribution in [0.5, 0.6) is 5.75 Å². The maximum atomic E-state index is 12.8. The second-order valence-corrected chi connectivity index (χ2v) is 6.50. The molecule has 136 valence electrons. The van der Waals surface area contributed by atoms with Crippen molar-refractivity contribution in [1.82, 2.24) is 0 Å². The van der Waals surface area contributed by atoms with Crippen molar-refractivity contribution in [3.8, 4) is 5.75 Å². The van der Waals surface area contributed by atoms with Crippen molar-refractivity contribution in [1.29, 1.82) is 0 Å². The molecule has 0 radical (unpaired) electrons. The standard InChI is InChI=1S/C21H29NO3/c1-5-7-14-21(3,24-4)20(23)22-18-12-13-19(25-15-6-2)17-11-9-8-10-16(17)18/h8-13H,5-7,14-15H2,1-4H3,(H,22,23)/t21-/m1/s1. The lowest BCUT2D eigenvalue weighted by Crippen LogP contribution is -2.42. The van der Waals surface area contributed by atoms with E-state index in [0.29, 0.717) is 13.0 Å². The zero-order valence-electron chi connectivity index (χ0n) is 15.7. The molecule has 2 rings (SSSR count). The van der Waals surface area contributed by atoms with Crippen LogP contribution in [0.25, 0.3) is 10.8 Å². The van der Waals surface area contributed by atoms with Gasteiger partial charge >= 0.3 is 0 Å². The van der Waals surface area contributed by atoms with Gasteiger partial charge in [0.25, 0.3) is 5.91 Å². The Bertz CT molecular complexity index is 713. The lowest BCUT2D eigenvalue weighted by molar-refractivity contribution is -0.136. The maximum Gasteiger partial charge on any atom is 0.256 e. The molecule has 0 aliphatic rings. The minimum absolute atomic E-state index is 0.115. The van der Waals surface area contributed by atoms with Gasteiger partial charge in [0.1, 0.15) is 11.4 Å². The topological polar surface area (TPSA) is 47.6 Å². The molecule has 1 amide bonds. The molecule has 0 aliphatic carbocycles. The lowest BCUT2D eigenvalue weighted by atomic mass is 9.97. The molecule has 2 aromatic rings. The number of benzene rings is 2. The number of carbonyl (C=O) groups is 1. The highest BCUT2D eigenvalue weighted by atomic mass is 16.5. The van der Waals surface area contributed by atoms with Crippen LogP contribution in [0.15, 0.2) is 36.4 Å². The predicted octanol–water partition coefficient (Wildman–Crippen LogP) is 5.16. The number of rotatable bonds is 9. The summed E-state index contributed by atoms with van der Waals surface area (Å²) in [5, 5.41) is 5.02. The zero-order chi connectivity index (χ0) is 18.3. The van der Waals surface area contributed by atoms with Gasteiger partial charge in [-0.05, 0) is 31.9 Å². The van der Waals surface area contributed by atoms with Crippen LogP contribution >= 0.6 is 0 Å². The van der Waals surface area contributed by atoms with Gasteiger partial charge in [-0.3, -0.25) is 4.79 Å². The third-order valence-electron chi connectivity index (χ3n) is 4.53. The molecule has 2 aromatic carbocycles. The van der Waals surface area contributed by atoms with Crippen LogP contribution < -0.4 is 10.1 Å². The fourth-order valence-corrected chi connectivity index (χ4v) is 2.80. The number of methoxy groups -OCH3 is 1. The number of hydrogen-bond acceptors (Lipinski definition) is 3. The number of nitrogens with one attached hydrogen (secondary N) is 1. The van der Waals surface area contributed by atoms with Crippen LogP contribution in [0.3, 0.4) is 0 Å². The summed E-state index contributed by atoms with van der Waals surface area (Å²) in [4.78, 5) is 12.8. The normalized spacial score (nSPS) is 13.4. The molecule has 1 N–H and O–H groups in total. The van der Waals surface area contributed by atoms with E-state index in [0.717, 1.165) is 41.5 Å². The van der Waals surface area contributed by atoms with Crippen LogP contribution in [0.1, 0.15) is 46.5 Å². The van der Waals surface area contributed by atoms with Crippen molar-refractivity contribution in [3.05, 3.63) is 36.4 Å². The van der Waals surface area contributed by atoms with Crippen molar-refractivity contribution >= 4 is 22.4 Å². The molecule has 0 fully saturated rings. The summed E-state index contributed by atoms with van der Waals surface area (Å²) in [6, 6.07) is 11.8. The van der Waals surface area contributed by atoms with Crippen molar-refractivity contribution in [2.75, 3.05) is 19.0 Å². The molecule has 0 saturated carbocycles. The third-order valence-corrected chi connectivity index (χ3v) is 4.53. The van der Waals surface area contributed by atoms with Gasteiger partial charge in [-0.2, -0.15) is 0 Å². The summed E-state index contributed by atoms with van der Waals surface area (Å²) in [5.41, 5.74) is -0.0432. The molecule has 0 saturated heterocycles. The van der Waals surface area contributed by atoms with Gasteiger partial charge in [0.2, 0.25) is 0 Å². The van der Waals surface area contributed by atoms with Crippen LogP contribution in [0.2, 0.25) is 0 Å². The Balaban J connectivity index is 2.30. The Kier molecular flexibility index (Phi) is 6.82. The Morgan fingerprint density at radius 2 is 1.80 bits per heavy atom. The minimum Gasteiger partial charge on any atom is -0.493 e. The van der Waals surface area contributed by atoms with Gasteiger partial charge in [-0.1, -0.05) is 51.0 Å². The van der Waals surface area contributed by atoms with Gasteiger partial charge < -0.3 is 14.8 Å². The van der Waals surface area contributed by atoms with Gasteiger partial charge in [0, 0.05) is 23.6 Å². The summed E-state index contributed by atoms with van der Waals surface area (Å²) in [5.74, 6) is 0.728. The highest BCUT2D eigenvalue weighted by Crippen LogP contribution is 2.32. The summed E-state index contributed by atoms with van der Waals surface area (Å²) < 4.78 is 11.4. The van der Waals surface area contributed by atoms with Crippen molar-refractivity contribution in [3.63, 3.8) is 0 Å². The number of fused-ring (bicyclic) bond motifs is 1. The number of carbonyl (C=O) groups excluding carboxylic acids is 1. The number of ether oxygens (including phenoxy) is 2. The van der Waals surface area contributed by atoms with E-state index >= 15 is 0 Å². The van der Waals surface area contributed by atoms with E-state index in [4.69, 9.17) is 9.47 Å². The Labute approximate surface area is 150 Å². The second kappa shape index (κ2) is 8.86. The van der Waals surface area contributed by atoms with E-state index in [-0.39, 0.29) is 5.91 Å². The van der Waals surface area contributed by atoms with E-state index in [1.165, 1.54) is 0 Å². The molecule has 0 heterocycles. The third kappa shape index (κ3) is 4.51. The smallest absolute Gasteiger partial charge is 0.256 e. The first kappa shape index (κ1) is 19.3. The van der Waals surface area contributed by atoms with E-state index < -0.39 is 5.60 Å². The second-order valence-electron chi connectivity index (χ2n) is 6.50.